The molecule has 1 heterocycles. The van der Waals surface area contributed by atoms with Gasteiger partial charge in [0.05, 0.1) is 0 Å². The van der Waals surface area contributed by atoms with E-state index in [4.69, 9.17) is 0 Å². The fraction of sp³-hybridized carbons (Fsp3) is 0.562. The number of piperidine rings is 1. The Kier molecular flexibility index (Phi) is 7.12. The Balaban J connectivity index is 1.72. The van der Waals surface area contributed by atoms with Crippen LogP contribution in [0.3, 0.4) is 0 Å². The minimum atomic E-state index is -0.237. The van der Waals surface area contributed by atoms with Crippen LogP contribution in [-0.4, -0.2) is 44.1 Å². The van der Waals surface area contributed by atoms with Gasteiger partial charge in [0.25, 0.3) is 0 Å². The van der Waals surface area contributed by atoms with Gasteiger partial charge in [-0.15, -0.1) is 0 Å². The van der Waals surface area contributed by atoms with E-state index in [1.54, 1.807) is 7.05 Å². The second kappa shape index (κ2) is 9.10. The lowest BCUT2D eigenvalue weighted by Crippen LogP contribution is -2.42. The Morgan fingerprint density at radius 1 is 1.23 bits per heavy atom. The number of nitrogens with one attached hydrogen (secondary N) is 2. The smallest absolute Gasteiger partial charge is 0.191 e. The molecule has 0 aliphatic carbocycles. The lowest BCUT2D eigenvalue weighted by atomic mass is 10.1. The van der Waals surface area contributed by atoms with Crippen molar-refractivity contribution in [2.75, 3.05) is 33.2 Å². The van der Waals surface area contributed by atoms with Gasteiger partial charge in [-0.1, -0.05) is 22.4 Å². The van der Waals surface area contributed by atoms with Crippen LogP contribution >= 0.6 is 15.9 Å². The second-order valence-corrected chi connectivity index (χ2v) is 6.45. The first-order valence-corrected chi connectivity index (χ1v) is 8.58. The van der Waals surface area contributed by atoms with Gasteiger partial charge in [-0.05, 0) is 49.7 Å². The molecule has 0 radical (unpaired) electrons. The highest BCUT2D eigenvalue weighted by molar-refractivity contribution is 9.10. The summed E-state index contributed by atoms with van der Waals surface area (Å²) in [6.45, 7) is 4.84. The van der Waals surface area contributed by atoms with Gasteiger partial charge in [0, 0.05) is 31.2 Å². The molecule has 2 N–H and O–H groups in total. The van der Waals surface area contributed by atoms with Gasteiger partial charge in [-0.3, -0.25) is 4.99 Å². The third-order valence-electron chi connectivity index (χ3n) is 3.78. The maximum absolute atomic E-state index is 13.3. The van der Waals surface area contributed by atoms with E-state index in [0.29, 0.717) is 6.54 Å². The molecule has 0 amide bonds. The van der Waals surface area contributed by atoms with Crippen molar-refractivity contribution < 1.29 is 4.39 Å². The monoisotopic (exact) mass is 370 g/mol. The number of nitrogens with zero attached hydrogens (tertiary/aromatic N) is 2. The molecule has 2 rings (SSSR count). The first-order chi connectivity index (χ1) is 10.7. The molecule has 0 atom stereocenters. The fourth-order valence-electron chi connectivity index (χ4n) is 2.63. The summed E-state index contributed by atoms with van der Waals surface area (Å²) in [6, 6.07) is 4.88. The normalized spacial score (nSPS) is 16.6. The van der Waals surface area contributed by atoms with Crippen LogP contribution in [-0.2, 0) is 6.54 Å². The molecule has 6 heteroatoms. The zero-order valence-corrected chi connectivity index (χ0v) is 14.6. The van der Waals surface area contributed by atoms with Gasteiger partial charge in [-0.25, -0.2) is 4.39 Å². The van der Waals surface area contributed by atoms with Crippen LogP contribution in [0.25, 0.3) is 0 Å². The van der Waals surface area contributed by atoms with Crippen LogP contribution in [0, 0.1) is 5.82 Å². The minimum absolute atomic E-state index is 0.237. The summed E-state index contributed by atoms with van der Waals surface area (Å²) < 4.78 is 14.1. The van der Waals surface area contributed by atoms with E-state index in [1.807, 2.05) is 6.07 Å². The topological polar surface area (TPSA) is 39.7 Å². The van der Waals surface area contributed by atoms with Crippen LogP contribution < -0.4 is 10.6 Å². The van der Waals surface area contributed by atoms with Crippen molar-refractivity contribution in [3.8, 4) is 0 Å². The lowest BCUT2D eigenvalue weighted by Gasteiger charge is -2.26. The Labute approximate surface area is 140 Å². The van der Waals surface area contributed by atoms with E-state index in [9.17, 15) is 4.39 Å². The summed E-state index contributed by atoms with van der Waals surface area (Å²) in [5.74, 6) is 0.511. The van der Waals surface area contributed by atoms with Crippen LogP contribution in [0.1, 0.15) is 24.8 Å². The second-order valence-electron chi connectivity index (χ2n) is 5.53. The number of benzene rings is 1. The van der Waals surface area contributed by atoms with Gasteiger partial charge >= 0.3 is 0 Å². The summed E-state index contributed by atoms with van der Waals surface area (Å²) in [6.07, 6.45) is 3.97. The molecule has 22 heavy (non-hydrogen) atoms. The Morgan fingerprint density at radius 3 is 2.68 bits per heavy atom. The number of hydrogen-bond acceptors (Lipinski definition) is 2. The van der Waals surface area contributed by atoms with Gasteiger partial charge < -0.3 is 15.5 Å². The molecule has 1 fully saturated rings. The minimum Gasteiger partial charge on any atom is -0.355 e. The SMILES string of the molecule is CN=C(NCCN1CCCCC1)NCc1cc(F)cc(Br)c1. The van der Waals surface area contributed by atoms with E-state index < -0.39 is 0 Å². The van der Waals surface area contributed by atoms with Crippen molar-refractivity contribution in [1.82, 2.24) is 15.5 Å². The van der Waals surface area contributed by atoms with Crippen LogP contribution in [0.5, 0.6) is 0 Å². The third-order valence-corrected chi connectivity index (χ3v) is 4.23. The van der Waals surface area contributed by atoms with Crippen LogP contribution in [0.4, 0.5) is 4.39 Å². The van der Waals surface area contributed by atoms with Crippen molar-refractivity contribution in [3.05, 3.63) is 34.1 Å². The highest BCUT2D eigenvalue weighted by atomic mass is 79.9. The van der Waals surface area contributed by atoms with Gasteiger partial charge in [-0.2, -0.15) is 0 Å². The molecule has 0 bridgehead atoms. The quantitative estimate of drug-likeness (QED) is 0.618. The molecule has 1 aliphatic rings. The summed E-state index contributed by atoms with van der Waals surface area (Å²) >= 11 is 3.30. The van der Waals surface area contributed by atoms with E-state index in [0.717, 1.165) is 29.1 Å². The molecule has 1 aromatic carbocycles. The predicted octanol–water partition coefficient (Wildman–Crippen LogP) is 2.74. The summed E-state index contributed by atoms with van der Waals surface area (Å²) in [7, 11) is 1.75. The zero-order valence-electron chi connectivity index (χ0n) is 13.0. The molecule has 0 aromatic heterocycles. The molecule has 4 nitrogen and oxygen atoms in total. The maximum atomic E-state index is 13.3. The first kappa shape index (κ1) is 17.2. The van der Waals surface area contributed by atoms with Gasteiger partial charge in [0.1, 0.15) is 5.82 Å². The number of halogens is 2. The van der Waals surface area contributed by atoms with Gasteiger partial charge in [0.2, 0.25) is 0 Å². The van der Waals surface area contributed by atoms with Crippen molar-refractivity contribution in [2.45, 2.75) is 25.8 Å². The third kappa shape index (κ3) is 5.93. The van der Waals surface area contributed by atoms with E-state index in [1.165, 1.54) is 44.5 Å². The van der Waals surface area contributed by atoms with E-state index in [2.05, 4.69) is 36.5 Å². The first-order valence-electron chi connectivity index (χ1n) is 7.79. The fourth-order valence-corrected chi connectivity index (χ4v) is 3.15. The highest BCUT2D eigenvalue weighted by Gasteiger charge is 2.09. The molecule has 0 spiro atoms. The highest BCUT2D eigenvalue weighted by Crippen LogP contribution is 2.14. The largest absolute Gasteiger partial charge is 0.355 e. The molecule has 1 aliphatic heterocycles. The predicted molar refractivity (Wildman–Crippen MR) is 92.6 cm³/mol. The van der Waals surface area contributed by atoms with Crippen molar-refractivity contribution in [3.63, 3.8) is 0 Å². The summed E-state index contributed by atoms with van der Waals surface area (Å²) in [5.41, 5.74) is 0.880. The van der Waals surface area contributed by atoms with E-state index in [-0.39, 0.29) is 5.82 Å². The number of hydrogen-bond donors (Lipinski definition) is 2. The molecule has 0 saturated carbocycles. The van der Waals surface area contributed by atoms with Crippen molar-refractivity contribution in [2.24, 2.45) is 4.99 Å². The molecular weight excluding hydrogens is 347 g/mol. The zero-order chi connectivity index (χ0) is 15.8. The lowest BCUT2D eigenvalue weighted by molar-refractivity contribution is 0.232. The van der Waals surface area contributed by atoms with Crippen LogP contribution in [0.15, 0.2) is 27.7 Å². The standard InChI is InChI=1S/C16H24BrFN4/c1-19-16(20-5-8-22-6-3-2-4-7-22)21-12-13-9-14(17)11-15(18)10-13/h9-11H,2-8,12H2,1H3,(H2,19,20,21). The van der Waals surface area contributed by atoms with Crippen molar-refractivity contribution in [1.29, 1.82) is 0 Å². The Hall–Kier alpha value is -1.14. The average molecular weight is 371 g/mol. The number of aliphatic imine (C=N–C) groups is 1. The molecule has 0 unspecified atom stereocenters. The average Bonchev–Trinajstić information content (AvgIpc) is 2.51. The molecular formula is C16H24BrFN4. The number of guanidine groups is 1. The Bertz CT molecular complexity index is 481. The summed E-state index contributed by atoms with van der Waals surface area (Å²) in [5, 5.41) is 6.52. The molecule has 1 saturated heterocycles. The van der Waals surface area contributed by atoms with Crippen LogP contribution in [0.2, 0.25) is 0 Å². The van der Waals surface area contributed by atoms with Gasteiger partial charge in [0.15, 0.2) is 5.96 Å². The van der Waals surface area contributed by atoms with E-state index >= 15 is 0 Å². The summed E-state index contributed by atoms with van der Waals surface area (Å²) in [4.78, 5) is 6.68. The number of rotatable bonds is 5. The molecule has 1 aromatic rings. The molecule has 122 valence electrons. The maximum Gasteiger partial charge on any atom is 0.191 e. The van der Waals surface area contributed by atoms with Crippen molar-refractivity contribution >= 4 is 21.9 Å². The Morgan fingerprint density at radius 2 is 2.00 bits per heavy atom. The number of likely N-dealkylation sites (tertiary alicyclic amines) is 1.